The van der Waals surface area contributed by atoms with Crippen LogP contribution < -0.4 is 10.5 Å². The SMILES string of the molecule is Cc1cc2nc3nc4n(c(=O)c3nc2cc1C)C(C)CN4C. The van der Waals surface area contributed by atoms with Crippen molar-refractivity contribution in [1.29, 1.82) is 0 Å². The molecule has 3 heterocycles. The molecule has 0 radical (unpaired) electrons. The molecule has 4 rings (SSSR count). The highest BCUT2D eigenvalue weighted by atomic mass is 16.1. The van der Waals surface area contributed by atoms with Crippen LogP contribution in [0.25, 0.3) is 22.2 Å². The van der Waals surface area contributed by atoms with Crippen LogP contribution in [0.4, 0.5) is 5.95 Å². The summed E-state index contributed by atoms with van der Waals surface area (Å²) in [7, 11) is 1.94. The molecule has 0 N–H and O–H groups in total. The van der Waals surface area contributed by atoms with Crippen LogP contribution in [0.3, 0.4) is 0 Å². The Labute approximate surface area is 127 Å². The molecule has 0 aliphatic carbocycles. The number of hydrogen-bond donors (Lipinski definition) is 0. The molecule has 0 saturated carbocycles. The van der Waals surface area contributed by atoms with E-state index in [2.05, 4.69) is 15.0 Å². The summed E-state index contributed by atoms with van der Waals surface area (Å²) in [5.41, 5.74) is 4.49. The van der Waals surface area contributed by atoms with Crippen molar-refractivity contribution >= 4 is 28.1 Å². The highest BCUT2D eigenvalue weighted by molar-refractivity contribution is 5.85. The van der Waals surface area contributed by atoms with Crippen LogP contribution in [-0.4, -0.2) is 33.1 Å². The van der Waals surface area contributed by atoms with E-state index in [4.69, 9.17) is 0 Å². The van der Waals surface area contributed by atoms with Crippen molar-refractivity contribution in [1.82, 2.24) is 19.5 Å². The third-order valence-electron chi connectivity index (χ3n) is 4.42. The van der Waals surface area contributed by atoms with Gasteiger partial charge in [0.1, 0.15) is 0 Å². The van der Waals surface area contributed by atoms with Gasteiger partial charge in [-0.1, -0.05) is 0 Å². The average Bonchev–Trinajstić information content (AvgIpc) is 2.74. The molecular formula is C16H17N5O. The fraction of sp³-hybridized carbons (Fsp3) is 0.375. The summed E-state index contributed by atoms with van der Waals surface area (Å²) in [6, 6.07) is 4.07. The number of likely N-dealkylation sites (N-methyl/N-ethyl adjacent to an activating group) is 1. The molecule has 0 saturated heterocycles. The van der Waals surface area contributed by atoms with Crippen LogP contribution in [0.1, 0.15) is 24.1 Å². The Morgan fingerprint density at radius 1 is 1.09 bits per heavy atom. The third kappa shape index (κ3) is 1.66. The van der Waals surface area contributed by atoms with E-state index < -0.39 is 0 Å². The van der Waals surface area contributed by atoms with E-state index in [0.717, 1.165) is 28.7 Å². The van der Waals surface area contributed by atoms with Gasteiger partial charge in [-0.3, -0.25) is 9.36 Å². The number of anilines is 1. The summed E-state index contributed by atoms with van der Waals surface area (Å²) >= 11 is 0. The molecule has 0 amide bonds. The van der Waals surface area contributed by atoms with Crippen molar-refractivity contribution < 1.29 is 0 Å². The van der Waals surface area contributed by atoms with E-state index in [9.17, 15) is 4.79 Å². The molecule has 1 atom stereocenters. The number of fused-ring (bicyclic) bond motifs is 3. The summed E-state index contributed by atoms with van der Waals surface area (Å²) < 4.78 is 1.71. The number of rotatable bonds is 0. The van der Waals surface area contributed by atoms with Crippen molar-refractivity contribution in [2.45, 2.75) is 26.8 Å². The molecule has 22 heavy (non-hydrogen) atoms. The van der Waals surface area contributed by atoms with Gasteiger partial charge in [0, 0.05) is 13.6 Å². The number of nitrogens with zero attached hydrogens (tertiary/aromatic N) is 5. The minimum atomic E-state index is -0.107. The van der Waals surface area contributed by atoms with Crippen molar-refractivity contribution in [2.75, 3.05) is 18.5 Å². The minimum absolute atomic E-state index is 0.0988. The van der Waals surface area contributed by atoms with Gasteiger partial charge in [0.05, 0.1) is 17.1 Å². The number of aromatic nitrogens is 4. The first-order chi connectivity index (χ1) is 10.5. The van der Waals surface area contributed by atoms with E-state index in [-0.39, 0.29) is 11.6 Å². The van der Waals surface area contributed by atoms with Gasteiger partial charge in [0.15, 0.2) is 11.2 Å². The first-order valence-corrected chi connectivity index (χ1v) is 7.38. The standard InChI is InChI=1S/C16H17N5O/c1-8-5-11-12(6-9(8)2)18-14-13(17-11)15(22)21-10(3)7-20(4)16(21)19-14/h5-6,10H,7H2,1-4H3. The molecule has 2 aromatic heterocycles. The van der Waals surface area contributed by atoms with Gasteiger partial charge in [-0.2, -0.15) is 4.98 Å². The maximum Gasteiger partial charge on any atom is 0.283 e. The molecule has 1 unspecified atom stereocenters. The first kappa shape index (κ1) is 13.2. The van der Waals surface area contributed by atoms with Crippen LogP contribution in [-0.2, 0) is 0 Å². The van der Waals surface area contributed by atoms with E-state index in [1.165, 1.54) is 0 Å². The molecular weight excluding hydrogens is 278 g/mol. The average molecular weight is 295 g/mol. The van der Waals surface area contributed by atoms with Gasteiger partial charge in [-0.05, 0) is 44.0 Å². The van der Waals surface area contributed by atoms with Gasteiger partial charge in [-0.25, -0.2) is 9.97 Å². The minimum Gasteiger partial charge on any atom is -0.343 e. The second-order valence-corrected chi connectivity index (χ2v) is 6.14. The summed E-state index contributed by atoms with van der Waals surface area (Å²) in [6.45, 7) is 6.87. The molecule has 0 spiro atoms. The molecule has 3 aromatic rings. The van der Waals surface area contributed by atoms with E-state index in [1.54, 1.807) is 4.57 Å². The van der Waals surface area contributed by atoms with Gasteiger partial charge >= 0.3 is 0 Å². The van der Waals surface area contributed by atoms with Gasteiger partial charge in [0.25, 0.3) is 5.56 Å². The molecule has 1 aliphatic heterocycles. The summed E-state index contributed by atoms with van der Waals surface area (Å²) in [6.07, 6.45) is 0. The monoisotopic (exact) mass is 295 g/mol. The summed E-state index contributed by atoms with van der Waals surface area (Å²) in [5.74, 6) is 0.669. The van der Waals surface area contributed by atoms with Crippen LogP contribution in [0, 0.1) is 13.8 Å². The Bertz CT molecular complexity index is 991. The van der Waals surface area contributed by atoms with Crippen LogP contribution in [0.5, 0.6) is 0 Å². The zero-order chi connectivity index (χ0) is 15.6. The molecule has 112 valence electrons. The second kappa shape index (κ2) is 4.25. The van der Waals surface area contributed by atoms with Crippen molar-refractivity contribution in [3.63, 3.8) is 0 Å². The largest absolute Gasteiger partial charge is 0.343 e. The van der Waals surface area contributed by atoms with Crippen molar-refractivity contribution in [3.8, 4) is 0 Å². The lowest BCUT2D eigenvalue weighted by molar-refractivity contribution is 0.601. The lowest BCUT2D eigenvalue weighted by atomic mass is 10.1. The fourth-order valence-electron chi connectivity index (χ4n) is 3.10. The number of benzene rings is 1. The topological polar surface area (TPSA) is 63.9 Å². The quantitative estimate of drug-likeness (QED) is 0.593. The van der Waals surface area contributed by atoms with Crippen LogP contribution in [0.2, 0.25) is 0 Å². The smallest absolute Gasteiger partial charge is 0.283 e. The predicted molar refractivity (Wildman–Crippen MR) is 86.6 cm³/mol. The zero-order valence-corrected chi connectivity index (χ0v) is 13.1. The van der Waals surface area contributed by atoms with Gasteiger partial charge in [-0.15, -0.1) is 0 Å². The molecule has 1 aliphatic rings. The Kier molecular flexibility index (Phi) is 2.55. The molecule has 0 bridgehead atoms. The van der Waals surface area contributed by atoms with Gasteiger partial charge < -0.3 is 4.90 Å². The normalized spacial score (nSPS) is 17.5. The lowest BCUT2D eigenvalue weighted by Gasteiger charge is -2.10. The lowest BCUT2D eigenvalue weighted by Crippen LogP contribution is -2.23. The van der Waals surface area contributed by atoms with E-state index >= 15 is 0 Å². The molecule has 0 fully saturated rings. The van der Waals surface area contributed by atoms with Crippen LogP contribution >= 0.6 is 0 Å². The molecule has 6 nitrogen and oxygen atoms in total. The highest BCUT2D eigenvalue weighted by Crippen LogP contribution is 2.25. The first-order valence-electron chi connectivity index (χ1n) is 7.38. The Hall–Kier alpha value is -2.50. The predicted octanol–water partition coefficient (Wildman–Crippen LogP) is 1.97. The van der Waals surface area contributed by atoms with Gasteiger partial charge in [0.2, 0.25) is 5.95 Å². The van der Waals surface area contributed by atoms with E-state index in [0.29, 0.717) is 17.1 Å². The Balaban J connectivity index is 2.14. The maximum absolute atomic E-state index is 12.8. The van der Waals surface area contributed by atoms with Crippen molar-refractivity contribution in [2.24, 2.45) is 0 Å². The second-order valence-electron chi connectivity index (χ2n) is 6.14. The van der Waals surface area contributed by atoms with E-state index in [1.807, 2.05) is 44.9 Å². The van der Waals surface area contributed by atoms with Crippen LogP contribution in [0.15, 0.2) is 16.9 Å². The third-order valence-corrected chi connectivity index (χ3v) is 4.42. The Morgan fingerprint density at radius 3 is 2.41 bits per heavy atom. The number of hydrogen-bond acceptors (Lipinski definition) is 5. The zero-order valence-electron chi connectivity index (χ0n) is 13.1. The van der Waals surface area contributed by atoms with Crippen molar-refractivity contribution in [3.05, 3.63) is 33.6 Å². The Morgan fingerprint density at radius 2 is 1.73 bits per heavy atom. The maximum atomic E-state index is 12.8. The summed E-state index contributed by atoms with van der Waals surface area (Å²) in [5, 5.41) is 0. The molecule has 1 aromatic carbocycles. The summed E-state index contributed by atoms with van der Waals surface area (Å²) in [4.78, 5) is 28.4. The molecule has 6 heteroatoms. The fourth-order valence-corrected chi connectivity index (χ4v) is 3.10. The number of aryl methyl sites for hydroxylation is 2. The highest BCUT2D eigenvalue weighted by Gasteiger charge is 2.27.